The van der Waals surface area contributed by atoms with Gasteiger partial charge in [0.25, 0.3) is 0 Å². The minimum atomic E-state index is 0.736. The predicted molar refractivity (Wildman–Crippen MR) is 65.4 cm³/mol. The van der Waals surface area contributed by atoms with Gasteiger partial charge in [0.15, 0.2) is 0 Å². The number of thiazole rings is 1. The first-order valence-electron chi connectivity index (χ1n) is 5.17. The van der Waals surface area contributed by atoms with Crippen LogP contribution in [-0.4, -0.2) is 4.98 Å². The van der Waals surface area contributed by atoms with Gasteiger partial charge in [0.05, 0.1) is 16.6 Å². The molecule has 0 aliphatic carbocycles. The van der Waals surface area contributed by atoms with Crippen molar-refractivity contribution in [3.05, 3.63) is 51.5 Å². The summed E-state index contributed by atoms with van der Waals surface area (Å²) in [4.78, 5) is 4.26. The van der Waals surface area contributed by atoms with E-state index in [2.05, 4.69) is 18.0 Å². The molecule has 0 fully saturated rings. The molecule has 80 valence electrons. The molecule has 0 aliphatic rings. The highest BCUT2D eigenvalue weighted by Gasteiger charge is 2.02. The molecule has 1 aromatic heterocycles. The number of benzene rings is 1. The summed E-state index contributed by atoms with van der Waals surface area (Å²) in [6.07, 6.45) is 3.74. The van der Waals surface area contributed by atoms with Gasteiger partial charge in [0.2, 0.25) is 0 Å². The van der Waals surface area contributed by atoms with Gasteiger partial charge in [0.1, 0.15) is 0 Å². The first-order valence-corrected chi connectivity index (χ1v) is 6.05. The Morgan fingerprint density at radius 2 is 2.25 bits per heavy atom. The van der Waals surface area contributed by atoms with Crippen molar-refractivity contribution in [3.63, 3.8) is 0 Å². The maximum atomic E-state index is 8.84. The molecule has 0 N–H and O–H groups in total. The second kappa shape index (κ2) is 4.91. The number of hydrogen-bond acceptors (Lipinski definition) is 3. The average Bonchev–Trinajstić information content (AvgIpc) is 2.81. The fraction of sp³-hybridized carbons (Fsp3) is 0.231. The van der Waals surface area contributed by atoms with Crippen LogP contribution in [0.4, 0.5) is 0 Å². The molecule has 16 heavy (non-hydrogen) atoms. The summed E-state index contributed by atoms with van der Waals surface area (Å²) in [5.74, 6) is 0. The monoisotopic (exact) mass is 228 g/mol. The van der Waals surface area contributed by atoms with Crippen LogP contribution in [0.15, 0.2) is 29.8 Å². The van der Waals surface area contributed by atoms with Crippen molar-refractivity contribution in [2.45, 2.75) is 19.8 Å². The molecule has 0 radical (unpaired) electrons. The Kier molecular flexibility index (Phi) is 3.33. The van der Waals surface area contributed by atoms with E-state index in [0.717, 1.165) is 23.4 Å². The van der Waals surface area contributed by atoms with Crippen molar-refractivity contribution in [2.24, 2.45) is 0 Å². The van der Waals surface area contributed by atoms with Crippen molar-refractivity contribution in [1.82, 2.24) is 4.98 Å². The van der Waals surface area contributed by atoms with Crippen LogP contribution < -0.4 is 0 Å². The lowest BCUT2D eigenvalue weighted by molar-refractivity contribution is 0.934. The second-order valence-electron chi connectivity index (χ2n) is 3.68. The SMILES string of the molecule is Cc1ccc(C#N)cc1CCc1nccs1. The Morgan fingerprint density at radius 1 is 1.38 bits per heavy atom. The zero-order chi connectivity index (χ0) is 11.4. The first kappa shape index (κ1) is 10.8. The fourth-order valence-corrected chi connectivity index (χ4v) is 2.25. The zero-order valence-corrected chi connectivity index (χ0v) is 9.92. The van der Waals surface area contributed by atoms with Crippen LogP contribution in [0.2, 0.25) is 0 Å². The fourth-order valence-electron chi connectivity index (χ4n) is 1.63. The molecule has 0 saturated carbocycles. The third-order valence-electron chi connectivity index (χ3n) is 2.57. The van der Waals surface area contributed by atoms with Crippen LogP contribution >= 0.6 is 11.3 Å². The highest BCUT2D eigenvalue weighted by atomic mass is 32.1. The third kappa shape index (κ3) is 2.47. The van der Waals surface area contributed by atoms with E-state index >= 15 is 0 Å². The van der Waals surface area contributed by atoms with E-state index in [-0.39, 0.29) is 0 Å². The number of rotatable bonds is 3. The van der Waals surface area contributed by atoms with Gasteiger partial charge in [-0.15, -0.1) is 11.3 Å². The first-order chi connectivity index (χ1) is 7.79. The van der Waals surface area contributed by atoms with Crippen molar-refractivity contribution < 1.29 is 0 Å². The van der Waals surface area contributed by atoms with Gasteiger partial charge in [0, 0.05) is 18.0 Å². The lowest BCUT2D eigenvalue weighted by Crippen LogP contribution is -1.94. The summed E-state index contributed by atoms with van der Waals surface area (Å²) >= 11 is 1.68. The summed E-state index contributed by atoms with van der Waals surface area (Å²) in [5, 5.41) is 12.0. The smallest absolute Gasteiger partial charge is 0.0991 e. The maximum absolute atomic E-state index is 8.84. The lowest BCUT2D eigenvalue weighted by Gasteiger charge is -2.04. The summed E-state index contributed by atoms with van der Waals surface area (Å²) in [6.45, 7) is 2.08. The van der Waals surface area contributed by atoms with E-state index in [1.807, 2.05) is 29.8 Å². The Labute approximate surface area is 99.2 Å². The molecule has 0 amide bonds. The molecule has 1 aromatic carbocycles. The molecule has 0 bridgehead atoms. The summed E-state index contributed by atoms with van der Waals surface area (Å²) in [5.41, 5.74) is 3.23. The highest BCUT2D eigenvalue weighted by Crippen LogP contribution is 2.14. The molecule has 0 unspecified atom stereocenters. The van der Waals surface area contributed by atoms with E-state index in [4.69, 9.17) is 5.26 Å². The van der Waals surface area contributed by atoms with Gasteiger partial charge in [-0.05, 0) is 36.6 Å². The van der Waals surface area contributed by atoms with Gasteiger partial charge in [-0.25, -0.2) is 4.98 Å². The van der Waals surface area contributed by atoms with Gasteiger partial charge < -0.3 is 0 Å². The lowest BCUT2D eigenvalue weighted by atomic mass is 10.0. The molecule has 0 saturated heterocycles. The van der Waals surface area contributed by atoms with Crippen LogP contribution in [-0.2, 0) is 12.8 Å². The molecule has 3 heteroatoms. The van der Waals surface area contributed by atoms with Crippen LogP contribution in [0, 0.1) is 18.3 Å². The molecule has 0 spiro atoms. The number of aromatic nitrogens is 1. The van der Waals surface area contributed by atoms with Gasteiger partial charge in [-0.2, -0.15) is 5.26 Å². The van der Waals surface area contributed by atoms with E-state index in [1.54, 1.807) is 11.3 Å². The van der Waals surface area contributed by atoms with Crippen molar-refractivity contribution in [2.75, 3.05) is 0 Å². The topological polar surface area (TPSA) is 36.7 Å². The molecular weight excluding hydrogens is 216 g/mol. The molecule has 2 aromatic rings. The number of hydrogen-bond donors (Lipinski definition) is 0. The Hall–Kier alpha value is -1.66. The van der Waals surface area contributed by atoms with E-state index in [0.29, 0.717) is 0 Å². The minimum absolute atomic E-state index is 0.736. The summed E-state index contributed by atoms with van der Waals surface area (Å²) in [6, 6.07) is 8.02. The standard InChI is InChI=1S/C13H12N2S/c1-10-2-3-11(9-14)8-12(10)4-5-13-15-6-7-16-13/h2-3,6-8H,4-5H2,1H3. The van der Waals surface area contributed by atoms with Crippen LogP contribution in [0.3, 0.4) is 0 Å². The minimum Gasteiger partial charge on any atom is -0.250 e. The third-order valence-corrected chi connectivity index (χ3v) is 3.41. The van der Waals surface area contributed by atoms with Crippen molar-refractivity contribution >= 4 is 11.3 Å². The van der Waals surface area contributed by atoms with E-state index < -0.39 is 0 Å². The number of aryl methyl sites for hydroxylation is 3. The maximum Gasteiger partial charge on any atom is 0.0991 e. The van der Waals surface area contributed by atoms with Crippen LogP contribution in [0.1, 0.15) is 21.7 Å². The van der Waals surface area contributed by atoms with E-state index in [9.17, 15) is 0 Å². The largest absolute Gasteiger partial charge is 0.250 e. The number of nitrogens with zero attached hydrogens (tertiary/aromatic N) is 2. The summed E-state index contributed by atoms with van der Waals surface area (Å²) in [7, 11) is 0. The molecule has 0 atom stereocenters. The normalized spacial score (nSPS) is 10.0. The van der Waals surface area contributed by atoms with E-state index in [1.165, 1.54) is 11.1 Å². The second-order valence-corrected chi connectivity index (χ2v) is 4.66. The Morgan fingerprint density at radius 3 is 2.94 bits per heavy atom. The average molecular weight is 228 g/mol. The Bertz CT molecular complexity index is 509. The predicted octanol–water partition coefficient (Wildman–Crippen LogP) is 3.11. The number of nitriles is 1. The zero-order valence-electron chi connectivity index (χ0n) is 9.10. The van der Waals surface area contributed by atoms with Crippen molar-refractivity contribution in [1.29, 1.82) is 5.26 Å². The van der Waals surface area contributed by atoms with Crippen LogP contribution in [0.5, 0.6) is 0 Å². The highest BCUT2D eigenvalue weighted by molar-refractivity contribution is 7.09. The summed E-state index contributed by atoms with van der Waals surface area (Å²) < 4.78 is 0. The molecule has 2 nitrogen and oxygen atoms in total. The quantitative estimate of drug-likeness (QED) is 0.809. The molecule has 1 heterocycles. The van der Waals surface area contributed by atoms with Crippen LogP contribution in [0.25, 0.3) is 0 Å². The molecule has 0 aliphatic heterocycles. The molecular formula is C13H12N2S. The van der Waals surface area contributed by atoms with Gasteiger partial charge in [-0.3, -0.25) is 0 Å². The molecule has 2 rings (SSSR count). The van der Waals surface area contributed by atoms with Crippen molar-refractivity contribution in [3.8, 4) is 6.07 Å². The van der Waals surface area contributed by atoms with Gasteiger partial charge >= 0.3 is 0 Å². The van der Waals surface area contributed by atoms with Gasteiger partial charge in [-0.1, -0.05) is 6.07 Å². The Balaban J connectivity index is 2.12.